The molecule has 0 saturated carbocycles. The van der Waals surface area contributed by atoms with E-state index in [9.17, 15) is 27.9 Å². The van der Waals surface area contributed by atoms with Crippen molar-refractivity contribution in [1.29, 1.82) is 0 Å². The van der Waals surface area contributed by atoms with E-state index >= 15 is 0 Å². The molecule has 1 atom stereocenters. The highest BCUT2D eigenvalue weighted by Crippen LogP contribution is 2.38. The Bertz CT molecular complexity index is 1260. The zero-order valence-electron chi connectivity index (χ0n) is 19.5. The first kappa shape index (κ1) is 25.2. The van der Waals surface area contributed by atoms with E-state index in [0.717, 1.165) is 11.6 Å². The molecule has 1 aliphatic heterocycles. The first-order chi connectivity index (χ1) is 17.2. The van der Waals surface area contributed by atoms with Crippen LogP contribution in [0.1, 0.15) is 23.1 Å². The summed E-state index contributed by atoms with van der Waals surface area (Å²) in [6.45, 7) is 0.367. The Morgan fingerprint density at radius 2 is 1.83 bits per heavy atom. The number of carbonyl (C=O) groups is 2. The van der Waals surface area contributed by atoms with E-state index in [0.29, 0.717) is 35.5 Å². The third-order valence-electron chi connectivity index (χ3n) is 6.15. The van der Waals surface area contributed by atoms with Crippen molar-refractivity contribution in [3.63, 3.8) is 0 Å². The number of carboxylic acids is 1. The van der Waals surface area contributed by atoms with Crippen molar-refractivity contribution >= 4 is 17.6 Å². The molecule has 188 valence electrons. The molecule has 2 N–H and O–H groups in total. The van der Waals surface area contributed by atoms with E-state index in [1.165, 1.54) is 13.1 Å². The van der Waals surface area contributed by atoms with Crippen LogP contribution in [0.5, 0.6) is 5.75 Å². The predicted molar refractivity (Wildman–Crippen MR) is 129 cm³/mol. The number of nitrogens with one attached hydrogen (secondary N) is 1. The summed E-state index contributed by atoms with van der Waals surface area (Å²) in [4.78, 5) is 25.4. The summed E-state index contributed by atoms with van der Waals surface area (Å²) >= 11 is 0. The van der Waals surface area contributed by atoms with Gasteiger partial charge in [0.15, 0.2) is 0 Å². The molecule has 0 aliphatic carbocycles. The third kappa shape index (κ3) is 5.52. The van der Waals surface area contributed by atoms with Gasteiger partial charge in [-0.25, -0.2) is 0 Å². The van der Waals surface area contributed by atoms with Crippen LogP contribution >= 0.6 is 0 Å². The topological polar surface area (TPSA) is 78.9 Å². The third-order valence-corrected chi connectivity index (χ3v) is 6.15. The van der Waals surface area contributed by atoms with E-state index in [2.05, 4.69) is 5.32 Å². The molecule has 0 unspecified atom stereocenters. The second kappa shape index (κ2) is 10.4. The van der Waals surface area contributed by atoms with Crippen LogP contribution in [0.4, 0.5) is 18.9 Å². The molecule has 0 radical (unpaired) electrons. The van der Waals surface area contributed by atoms with Crippen molar-refractivity contribution in [2.45, 2.75) is 31.7 Å². The molecule has 0 bridgehead atoms. The van der Waals surface area contributed by atoms with Crippen molar-refractivity contribution in [2.24, 2.45) is 0 Å². The number of ether oxygens (including phenoxy) is 1. The number of anilines is 1. The standard InChI is InChI=1S/C27H25F3N2O4/c1-31-23(26(34)35)15-25(33)32-12-11-19-14-20(8-10-24(19)32)36-16-17-7-9-21(18-5-3-2-4-6-18)22(13-17)27(28,29)30/h2-10,13-14,23,31H,11-12,15-16H2,1H3,(H,34,35)/t23-/m1/s1. The zero-order chi connectivity index (χ0) is 25.9. The van der Waals surface area contributed by atoms with Crippen LogP contribution in [0.2, 0.25) is 0 Å². The smallest absolute Gasteiger partial charge is 0.417 e. The minimum absolute atomic E-state index is 0.0535. The highest BCUT2D eigenvalue weighted by atomic mass is 19.4. The van der Waals surface area contributed by atoms with Crippen LogP contribution in [0.15, 0.2) is 66.7 Å². The first-order valence-electron chi connectivity index (χ1n) is 11.4. The Hall–Kier alpha value is -3.85. The van der Waals surface area contributed by atoms with Gasteiger partial charge in [-0.2, -0.15) is 13.2 Å². The number of carbonyl (C=O) groups excluding carboxylic acids is 1. The Kier molecular flexibility index (Phi) is 7.30. The summed E-state index contributed by atoms with van der Waals surface area (Å²) in [5, 5.41) is 11.8. The van der Waals surface area contributed by atoms with Crippen LogP contribution in [-0.2, 0) is 28.8 Å². The van der Waals surface area contributed by atoms with Crippen molar-refractivity contribution in [3.8, 4) is 16.9 Å². The maximum absolute atomic E-state index is 13.8. The van der Waals surface area contributed by atoms with Crippen LogP contribution in [-0.4, -0.2) is 36.6 Å². The fraction of sp³-hybridized carbons (Fsp3) is 0.259. The number of hydrogen-bond acceptors (Lipinski definition) is 4. The van der Waals surface area contributed by atoms with Gasteiger partial charge in [0.25, 0.3) is 0 Å². The van der Waals surface area contributed by atoms with E-state index in [1.54, 1.807) is 59.5 Å². The molecule has 0 spiro atoms. The number of benzene rings is 3. The minimum Gasteiger partial charge on any atom is -0.489 e. The summed E-state index contributed by atoms with van der Waals surface area (Å²) in [5.41, 5.74) is 1.79. The molecule has 36 heavy (non-hydrogen) atoms. The van der Waals surface area contributed by atoms with Crippen molar-refractivity contribution in [2.75, 3.05) is 18.5 Å². The lowest BCUT2D eigenvalue weighted by molar-refractivity contribution is -0.141. The summed E-state index contributed by atoms with van der Waals surface area (Å²) in [6, 6.07) is 16.8. The summed E-state index contributed by atoms with van der Waals surface area (Å²) in [6.07, 6.45) is -4.12. The van der Waals surface area contributed by atoms with E-state index in [1.807, 2.05) is 0 Å². The molecule has 3 aromatic carbocycles. The number of fused-ring (bicyclic) bond motifs is 1. The monoisotopic (exact) mass is 498 g/mol. The van der Waals surface area contributed by atoms with Gasteiger partial charge in [-0.1, -0.05) is 42.5 Å². The number of likely N-dealkylation sites (N-methyl/N-ethyl adjacent to an activating group) is 1. The molecule has 1 amide bonds. The number of halogens is 3. The Labute approximate surface area is 206 Å². The van der Waals surface area contributed by atoms with Gasteiger partial charge in [0.1, 0.15) is 18.4 Å². The number of amides is 1. The van der Waals surface area contributed by atoms with Crippen molar-refractivity contribution in [1.82, 2.24) is 5.32 Å². The maximum atomic E-state index is 13.8. The van der Waals surface area contributed by atoms with Crippen molar-refractivity contribution in [3.05, 3.63) is 83.4 Å². The molecule has 4 rings (SSSR count). The zero-order valence-corrected chi connectivity index (χ0v) is 19.5. The lowest BCUT2D eigenvalue weighted by atomic mass is 9.97. The SMILES string of the molecule is CN[C@H](CC(=O)N1CCc2cc(OCc3ccc(-c4ccccc4)c(C(F)(F)F)c3)ccc21)C(=O)O. The Morgan fingerprint density at radius 1 is 1.08 bits per heavy atom. The molecule has 0 fully saturated rings. The first-order valence-corrected chi connectivity index (χ1v) is 11.4. The minimum atomic E-state index is -4.52. The number of hydrogen-bond donors (Lipinski definition) is 2. The normalized spacial score (nSPS) is 13.8. The summed E-state index contributed by atoms with van der Waals surface area (Å²) in [7, 11) is 1.49. The lowest BCUT2D eigenvalue weighted by Gasteiger charge is -2.20. The molecule has 6 nitrogen and oxygen atoms in total. The largest absolute Gasteiger partial charge is 0.489 e. The highest BCUT2D eigenvalue weighted by molar-refractivity contribution is 5.98. The van der Waals surface area contributed by atoms with Crippen LogP contribution < -0.4 is 15.0 Å². The molecule has 1 heterocycles. The second-order valence-electron chi connectivity index (χ2n) is 8.50. The summed E-state index contributed by atoms with van der Waals surface area (Å²) < 4.78 is 47.1. The molecule has 0 aromatic heterocycles. The molecule has 9 heteroatoms. The quantitative estimate of drug-likeness (QED) is 0.462. The van der Waals surface area contributed by atoms with Gasteiger partial charge in [-0.15, -0.1) is 0 Å². The van der Waals surface area contributed by atoms with Crippen LogP contribution in [0, 0.1) is 0 Å². The van der Waals surface area contributed by atoms with E-state index in [-0.39, 0.29) is 24.5 Å². The van der Waals surface area contributed by atoms with Gasteiger partial charge in [0, 0.05) is 12.2 Å². The van der Waals surface area contributed by atoms with E-state index in [4.69, 9.17) is 4.74 Å². The lowest BCUT2D eigenvalue weighted by Crippen LogP contribution is -2.40. The van der Waals surface area contributed by atoms with Gasteiger partial charge in [0.05, 0.1) is 12.0 Å². The number of alkyl halides is 3. The Morgan fingerprint density at radius 3 is 2.50 bits per heavy atom. The fourth-order valence-electron chi connectivity index (χ4n) is 4.28. The van der Waals surface area contributed by atoms with E-state index < -0.39 is 23.8 Å². The fourth-order valence-corrected chi connectivity index (χ4v) is 4.28. The van der Waals surface area contributed by atoms with Crippen LogP contribution in [0.25, 0.3) is 11.1 Å². The number of rotatable bonds is 8. The molecule has 0 saturated heterocycles. The average molecular weight is 499 g/mol. The van der Waals surface area contributed by atoms with Gasteiger partial charge < -0.3 is 20.1 Å². The Balaban J connectivity index is 1.47. The molecule has 1 aliphatic rings. The molecular weight excluding hydrogens is 473 g/mol. The van der Waals surface area contributed by atoms with Gasteiger partial charge in [-0.3, -0.25) is 9.59 Å². The van der Waals surface area contributed by atoms with Gasteiger partial charge in [0.2, 0.25) is 5.91 Å². The molecule has 3 aromatic rings. The maximum Gasteiger partial charge on any atom is 0.417 e. The number of aliphatic carboxylic acids is 1. The van der Waals surface area contributed by atoms with Crippen LogP contribution in [0.3, 0.4) is 0 Å². The molecular formula is C27H25F3N2O4. The highest BCUT2D eigenvalue weighted by Gasteiger charge is 2.34. The number of nitrogens with zero attached hydrogens (tertiary/aromatic N) is 1. The summed E-state index contributed by atoms with van der Waals surface area (Å²) in [5.74, 6) is -0.927. The van der Waals surface area contributed by atoms with Gasteiger partial charge >= 0.3 is 12.1 Å². The predicted octanol–water partition coefficient (Wildman–Crippen LogP) is 4.90. The van der Waals surface area contributed by atoms with Crippen molar-refractivity contribution < 1.29 is 32.6 Å². The second-order valence-corrected chi connectivity index (χ2v) is 8.50. The number of carboxylic acid groups (broad SMARTS) is 1. The average Bonchev–Trinajstić information content (AvgIpc) is 3.29. The van der Waals surface area contributed by atoms with Gasteiger partial charge in [-0.05, 0) is 60.0 Å².